The van der Waals surface area contributed by atoms with Gasteiger partial charge >= 0.3 is 11.9 Å². The average Bonchev–Trinajstić information content (AvgIpc) is 2.62. The summed E-state index contributed by atoms with van der Waals surface area (Å²) < 4.78 is 25.4. The topological polar surface area (TPSA) is 132 Å². The second-order valence-electron chi connectivity index (χ2n) is 5.48. The maximum absolute atomic E-state index is 12.2. The van der Waals surface area contributed by atoms with Crippen LogP contribution in [-0.2, 0) is 19.6 Å². The monoisotopic (exact) mass is 386 g/mol. The van der Waals surface area contributed by atoms with Gasteiger partial charge in [-0.05, 0) is 18.6 Å². The van der Waals surface area contributed by atoms with Gasteiger partial charge in [0.2, 0.25) is 10.0 Å². The van der Waals surface area contributed by atoms with Crippen molar-refractivity contribution in [3.63, 3.8) is 0 Å². The van der Waals surface area contributed by atoms with Gasteiger partial charge in [0.1, 0.15) is 0 Å². The van der Waals surface area contributed by atoms with Crippen LogP contribution in [0.5, 0.6) is 0 Å². The summed E-state index contributed by atoms with van der Waals surface area (Å²) in [5.41, 5.74) is 0.650. The second kappa shape index (κ2) is 9.88. The van der Waals surface area contributed by atoms with Gasteiger partial charge in [0, 0.05) is 31.7 Å². The molecule has 1 aromatic carbocycles. The molecular formula is C16H22N2O7S. The predicted molar refractivity (Wildman–Crippen MR) is 93.3 cm³/mol. The number of carbonyl (C=O) groups excluding carboxylic acids is 1. The van der Waals surface area contributed by atoms with Crippen LogP contribution in [0.15, 0.2) is 30.3 Å². The van der Waals surface area contributed by atoms with Crippen LogP contribution >= 0.6 is 0 Å². The third-order valence-electron chi connectivity index (χ3n) is 3.59. The van der Waals surface area contributed by atoms with E-state index in [1.165, 1.54) is 4.31 Å². The van der Waals surface area contributed by atoms with Crippen molar-refractivity contribution < 1.29 is 33.0 Å². The number of nitrogens with zero attached hydrogens (tertiary/aromatic N) is 2. The summed E-state index contributed by atoms with van der Waals surface area (Å²) in [6, 6.07) is 9.08. The predicted octanol–water partition coefficient (Wildman–Crippen LogP) is 0.340. The van der Waals surface area contributed by atoms with E-state index in [0.717, 1.165) is 0 Å². The van der Waals surface area contributed by atoms with Gasteiger partial charge in [-0.3, -0.25) is 4.79 Å². The molecule has 0 radical (unpaired) electrons. The molecule has 0 spiro atoms. The van der Waals surface area contributed by atoms with Gasteiger partial charge in [-0.15, -0.1) is 0 Å². The third kappa shape index (κ3) is 6.45. The van der Waals surface area contributed by atoms with E-state index in [0.29, 0.717) is 38.2 Å². The fourth-order valence-electron chi connectivity index (χ4n) is 2.32. The Morgan fingerprint density at radius 2 is 1.46 bits per heavy atom. The van der Waals surface area contributed by atoms with E-state index in [9.17, 15) is 13.2 Å². The number of rotatable bonds is 4. The zero-order valence-corrected chi connectivity index (χ0v) is 15.2. The van der Waals surface area contributed by atoms with Crippen molar-refractivity contribution in [3.05, 3.63) is 35.9 Å². The highest BCUT2D eigenvalue weighted by atomic mass is 32.2. The lowest BCUT2D eigenvalue weighted by Gasteiger charge is -2.34. The lowest BCUT2D eigenvalue weighted by Crippen LogP contribution is -2.51. The number of benzene rings is 1. The number of carboxylic acid groups (broad SMARTS) is 2. The molecule has 9 nitrogen and oxygen atoms in total. The molecule has 1 aliphatic heterocycles. The number of piperazine rings is 1. The quantitative estimate of drug-likeness (QED) is 0.713. The summed E-state index contributed by atoms with van der Waals surface area (Å²) >= 11 is 0. The van der Waals surface area contributed by atoms with Crippen LogP contribution in [0.25, 0.3) is 0 Å². The number of amides is 1. The van der Waals surface area contributed by atoms with Crippen LogP contribution in [0.1, 0.15) is 23.7 Å². The summed E-state index contributed by atoms with van der Waals surface area (Å²) in [7, 11) is -3.15. The normalized spacial score (nSPS) is 14.9. The molecule has 0 bridgehead atoms. The first-order valence-electron chi connectivity index (χ1n) is 7.97. The van der Waals surface area contributed by atoms with Crippen LogP contribution in [0.2, 0.25) is 0 Å². The first kappa shape index (κ1) is 21.6. The Bertz CT molecular complexity index is 714. The highest BCUT2D eigenvalue weighted by Gasteiger charge is 2.28. The molecule has 10 heteroatoms. The number of hydrogen-bond donors (Lipinski definition) is 2. The molecule has 0 atom stereocenters. The van der Waals surface area contributed by atoms with Gasteiger partial charge in [0.25, 0.3) is 5.91 Å². The zero-order chi connectivity index (χ0) is 19.7. The van der Waals surface area contributed by atoms with E-state index in [-0.39, 0.29) is 11.7 Å². The van der Waals surface area contributed by atoms with Crippen LogP contribution in [0.3, 0.4) is 0 Å². The molecule has 0 aromatic heterocycles. The minimum atomic E-state index is -3.15. The van der Waals surface area contributed by atoms with Gasteiger partial charge < -0.3 is 15.1 Å². The molecule has 0 saturated carbocycles. The fraction of sp³-hybridized carbons (Fsp3) is 0.438. The maximum Gasteiger partial charge on any atom is 0.414 e. The van der Waals surface area contributed by atoms with Crippen molar-refractivity contribution in [1.29, 1.82) is 0 Å². The number of sulfonamides is 1. The smallest absolute Gasteiger partial charge is 0.414 e. The first-order chi connectivity index (χ1) is 12.2. The second-order valence-corrected chi connectivity index (χ2v) is 7.57. The molecule has 1 aliphatic rings. The average molecular weight is 386 g/mol. The number of aliphatic carboxylic acids is 2. The van der Waals surface area contributed by atoms with E-state index >= 15 is 0 Å². The minimum absolute atomic E-state index is 0.0295. The van der Waals surface area contributed by atoms with Crippen molar-refractivity contribution in [2.45, 2.75) is 13.3 Å². The molecule has 1 amide bonds. The lowest BCUT2D eigenvalue weighted by molar-refractivity contribution is -0.159. The van der Waals surface area contributed by atoms with E-state index in [1.807, 2.05) is 25.1 Å². The molecule has 1 fully saturated rings. The molecule has 26 heavy (non-hydrogen) atoms. The zero-order valence-electron chi connectivity index (χ0n) is 14.4. The Morgan fingerprint density at radius 1 is 0.962 bits per heavy atom. The SMILES string of the molecule is CCCS(=O)(=O)N1CCN(C(=O)c2ccccc2)CC1.O=C(O)C(=O)O. The number of hydrogen-bond acceptors (Lipinski definition) is 5. The summed E-state index contributed by atoms with van der Waals surface area (Å²) in [4.78, 5) is 32.2. The van der Waals surface area contributed by atoms with Crippen LogP contribution in [0.4, 0.5) is 0 Å². The minimum Gasteiger partial charge on any atom is -0.473 e. The summed E-state index contributed by atoms with van der Waals surface area (Å²) in [5, 5.41) is 14.8. The molecule has 0 unspecified atom stereocenters. The summed E-state index contributed by atoms with van der Waals surface area (Å²) in [6.45, 7) is 3.54. The number of carbonyl (C=O) groups is 3. The molecule has 1 heterocycles. The maximum atomic E-state index is 12.2. The van der Waals surface area contributed by atoms with E-state index in [2.05, 4.69) is 0 Å². The van der Waals surface area contributed by atoms with Gasteiger partial charge in [-0.1, -0.05) is 25.1 Å². The highest BCUT2D eigenvalue weighted by Crippen LogP contribution is 2.12. The standard InChI is InChI=1S/C14H20N2O3S.C2H2O4/c1-2-12-20(18,19)16-10-8-15(9-11-16)14(17)13-6-4-3-5-7-13;3-1(4)2(5)6/h3-7H,2,8-12H2,1H3;(H,3,4)(H,5,6). The molecule has 144 valence electrons. The van der Waals surface area contributed by atoms with Gasteiger partial charge in [0.15, 0.2) is 0 Å². The molecule has 2 N–H and O–H groups in total. The van der Waals surface area contributed by atoms with Crippen molar-refractivity contribution in [3.8, 4) is 0 Å². The van der Waals surface area contributed by atoms with E-state index in [4.69, 9.17) is 19.8 Å². The molecule has 1 saturated heterocycles. The Morgan fingerprint density at radius 3 is 1.88 bits per heavy atom. The van der Waals surface area contributed by atoms with Crippen molar-refractivity contribution >= 4 is 27.9 Å². The molecule has 0 aliphatic carbocycles. The van der Waals surface area contributed by atoms with Gasteiger partial charge in [-0.2, -0.15) is 4.31 Å². The Labute approximate surface area is 151 Å². The Hall–Kier alpha value is -2.46. The van der Waals surface area contributed by atoms with E-state index in [1.54, 1.807) is 17.0 Å². The van der Waals surface area contributed by atoms with Gasteiger partial charge in [-0.25, -0.2) is 18.0 Å². The van der Waals surface area contributed by atoms with Crippen LogP contribution in [-0.4, -0.2) is 77.6 Å². The lowest BCUT2D eigenvalue weighted by atomic mass is 10.2. The third-order valence-corrected chi connectivity index (χ3v) is 5.66. The van der Waals surface area contributed by atoms with Crippen LogP contribution < -0.4 is 0 Å². The van der Waals surface area contributed by atoms with E-state index < -0.39 is 22.0 Å². The molecule has 2 rings (SSSR count). The Balaban J connectivity index is 0.000000487. The Kier molecular flexibility index (Phi) is 8.20. The number of carboxylic acids is 2. The largest absolute Gasteiger partial charge is 0.473 e. The summed E-state index contributed by atoms with van der Waals surface area (Å²) in [6.07, 6.45) is 0.617. The summed E-state index contributed by atoms with van der Waals surface area (Å²) in [5.74, 6) is -3.50. The van der Waals surface area contributed by atoms with Crippen LogP contribution in [0, 0.1) is 0 Å². The molecule has 1 aromatic rings. The van der Waals surface area contributed by atoms with Crippen molar-refractivity contribution in [2.75, 3.05) is 31.9 Å². The first-order valence-corrected chi connectivity index (χ1v) is 9.58. The highest BCUT2D eigenvalue weighted by molar-refractivity contribution is 7.89. The van der Waals surface area contributed by atoms with Gasteiger partial charge in [0.05, 0.1) is 5.75 Å². The molecular weight excluding hydrogens is 364 g/mol. The fourth-order valence-corrected chi connectivity index (χ4v) is 3.81. The van der Waals surface area contributed by atoms with Crippen molar-refractivity contribution in [2.24, 2.45) is 0 Å². The van der Waals surface area contributed by atoms with Crippen molar-refractivity contribution in [1.82, 2.24) is 9.21 Å².